The molecule has 7 heteroatoms. The molecule has 1 amide bonds. The van der Waals surface area contributed by atoms with Crippen molar-refractivity contribution >= 4 is 16.8 Å². The zero-order chi connectivity index (χ0) is 24.9. The Bertz CT molecular complexity index is 1280. The molecule has 2 N–H and O–H groups in total. The number of piperidine rings is 1. The molecule has 0 bridgehead atoms. The van der Waals surface area contributed by atoms with Crippen LogP contribution in [0.25, 0.3) is 10.9 Å². The van der Waals surface area contributed by atoms with E-state index in [1.807, 2.05) is 23.1 Å². The molecule has 1 spiro atoms. The number of aliphatic hydroxyl groups is 1. The van der Waals surface area contributed by atoms with Gasteiger partial charge in [0.25, 0.3) is 0 Å². The first-order chi connectivity index (χ1) is 17.5. The fourth-order valence-electron chi connectivity index (χ4n) is 6.57. The lowest BCUT2D eigenvalue weighted by Gasteiger charge is -2.51. The predicted molar refractivity (Wildman–Crippen MR) is 136 cm³/mol. The van der Waals surface area contributed by atoms with E-state index in [9.17, 15) is 14.3 Å². The van der Waals surface area contributed by atoms with Crippen LogP contribution in [-0.4, -0.2) is 59.1 Å². The number of H-pyrrole nitrogens is 1. The second kappa shape index (κ2) is 9.20. The highest BCUT2D eigenvalue weighted by atomic mass is 19.1. The standard InChI is InChI=1S/C29H34FN3O3/c1-36-22-8-9-23-24(15-22)31-27-25(17-34)33(28(35)20-5-3-6-20)18-29(26(23)27)10-12-32(13-11-29)16-19-4-2-7-21(30)14-19/h2,4,7-9,14-15,20,25,31,34H,3,5-6,10-13,16-18H2,1H3/t25-/m0/s1. The Kier molecular flexibility index (Phi) is 6.00. The number of aliphatic hydroxyl groups excluding tert-OH is 1. The minimum Gasteiger partial charge on any atom is -0.497 e. The van der Waals surface area contributed by atoms with Crippen LogP contribution in [0.15, 0.2) is 42.5 Å². The molecule has 0 unspecified atom stereocenters. The minimum atomic E-state index is -0.359. The third-order valence-electron chi connectivity index (χ3n) is 8.77. The third kappa shape index (κ3) is 3.89. The number of hydrogen-bond acceptors (Lipinski definition) is 4. The van der Waals surface area contributed by atoms with Gasteiger partial charge in [-0.25, -0.2) is 4.39 Å². The molecule has 6 rings (SSSR count). The van der Waals surface area contributed by atoms with Gasteiger partial charge in [0.05, 0.1) is 19.8 Å². The molecule has 6 nitrogen and oxygen atoms in total. The minimum absolute atomic E-state index is 0.0789. The molecule has 0 radical (unpaired) electrons. The summed E-state index contributed by atoms with van der Waals surface area (Å²) in [5.41, 5.74) is 4.00. The van der Waals surface area contributed by atoms with Crippen molar-refractivity contribution in [3.05, 3.63) is 65.1 Å². The van der Waals surface area contributed by atoms with E-state index in [0.29, 0.717) is 6.54 Å². The van der Waals surface area contributed by atoms with E-state index in [2.05, 4.69) is 16.0 Å². The van der Waals surface area contributed by atoms with Gasteiger partial charge < -0.3 is 19.7 Å². The molecule has 1 aromatic heterocycles. The lowest BCUT2D eigenvalue weighted by atomic mass is 9.67. The number of halogens is 1. The van der Waals surface area contributed by atoms with Crippen LogP contribution in [0.3, 0.4) is 0 Å². The SMILES string of the molecule is COc1ccc2c3c([nH]c2c1)[C@H](CO)N(C(=O)C1CCC1)CC31CCN(Cc2cccc(F)c2)CC1. The molecule has 3 aliphatic rings. The van der Waals surface area contributed by atoms with Gasteiger partial charge in [-0.1, -0.05) is 18.6 Å². The summed E-state index contributed by atoms with van der Waals surface area (Å²) in [5, 5.41) is 11.6. The van der Waals surface area contributed by atoms with Crippen molar-refractivity contribution in [1.82, 2.24) is 14.8 Å². The molecule has 2 aliphatic heterocycles. The summed E-state index contributed by atoms with van der Waals surface area (Å²) in [5.74, 6) is 0.842. The van der Waals surface area contributed by atoms with Crippen molar-refractivity contribution in [2.45, 2.75) is 50.1 Å². The van der Waals surface area contributed by atoms with Crippen molar-refractivity contribution in [2.75, 3.05) is 33.4 Å². The summed E-state index contributed by atoms with van der Waals surface area (Å²) < 4.78 is 19.2. The highest BCUT2D eigenvalue weighted by Crippen LogP contribution is 2.50. The number of carbonyl (C=O) groups excluding carboxylic acids is 1. The third-order valence-corrected chi connectivity index (χ3v) is 8.77. The summed E-state index contributed by atoms with van der Waals surface area (Å²) in [6.45, 7) is 2.99. The molecule has 1 aliphatic carbocycles. The number of nitrogens with zero attached hydrogens (tertiary/aromatic N) is 2. The largest absolute Gasteiger partial charge is 0.497 e. The van der Waals surface area contributed by atoms with Crippen LogP contribution in [-0.2, 0) is 16.8 Å². The van der Waals surface area contributed by atoms with Crippen molar-refractivity contribution in [3.8, 4) is 5.75 Å². The summed E-state index contributed by atoms with van der Waals surface area (Å²) in [6, 6.07) is 12.6. The Morgan fingerprint density at radius 2 is 2.00 bits per heavy atom. The number of hydrogen-bond donors (Lipinski definition) is 2. The number of nitrogens with one attached hydrogen (secondary N) is 1. The number of carbonyl (C=O) groups is 1. The Labute approximate surface area is 211 Å². The predicted octanol–water partition coefficient (Wildman–Crippen LogP) is 4.53. The number of aromatic amines is 1. The Morgan fingerprint density at radius 1 is 1.19 bits per heavy atom. The van der Waals surface area contributed by atoms with Gasteiger partial charge in [0.15, 0.2) is 0 Å². The van der Waals surface area contributed by atoms with E-state index >= 15 is 0 Å². The fraction of sp³-hybridized carbons (Fsp3) is 0.483. The van der Waals surface area contributed by atoms with E-state index in [1.54, 1.807) is 19.2 Å². The molecule has 1 saturated heterocycles. The second-order valence-corrected chi connectivity index (χ2v) is 10.8. The van der Waals surface area contributed by atoms with Gasteiger partial charge in [-0.2, -0.15) is 0 Å². The van der Waals surface area contributed by atoms with Crippen LogP contribution < -0.4 is 4.74 Å². The average Bonchev–Trinajstić information content (AvgIpc) is 3.24. The molecule has 1 saturated carbocycles. The number of aromatic nitrogens is 1. The van der Waals surface area contributed by atoms with Crippen LogP contribution in [0.4, 0.5) is 4.39 Å². The van der Waals surface area contributed by atoms with Gasteiger partial charge in [0, 0.05) is 47.1 Å². The molecular weight excluding hydrogens is 457 g/mol. The van der Waals surface area contributed by atoms with Crippen molar-refractivity contribution < 1.29 is 19.0 Å². The van der Waals surface area contributed by atoms with Crippen molar-refractivity contribution in [2.24, 2.45) is 5.92 Å². The smallest absolute Gasteiger partial charge is 0.226 e. The Hall–Kier alpha value is -2.90. The molecule has 190 valence electrons. The number of amides is 1. The highest BCUT2D eigenvalue weighted by molar-refractivity contribution is 5.89. The number of fused-ring (bicyclic) bond motifs is 4. The van der Waals surface area contributed by atoms with Crippen LogP contribution in [0, 0.1) is 11.7 Å². The number of rotatable bonds is 5. The number of methoxy groups -OCH3 is 1. The molecule has 2 aromatic carbocycles. The first kappa shape index (κ1) is 23.5. The molecule has 1 atom stereocenters. The first-order valence-corrected chi connectivity index (χ1v) is 13.1. The Morgan fingerprint density at radius 3 is 2.67 bits per heavy atom. The number of ether oxygens (including phenoxy) is 1. The summed E-state index contributed by atoms with van der Waals surface area (Å²) >= 11 is 0. The quantitative estimate of drug-likeness (QED) is 0.551. The van der Waals surface area contributed by atoms with E-state index < -0.39 is 0 Å². The maximum absolute atomic E-state index is 13.7. The van der Waals surface area contributed by atoms with Gasteiger partial charge in [0.2, 0.25) is 5.91 Å². The Balaban J connectivity index is 1.37. The van der Waals surface area contributed by atoms with Crippen molar-refractivity contribution in [3.63, 3.8) is 0 Å². The van der Waals surface area contributed by atoms with Crippen LogP contribution in [0.1, 0.15) is 55.0 Å². The van der Waals surface area contributed by atoms with E-state index in [4.69, 9.17) is 4.74 Å². The van der Waals surface area contributed by atoms with E-state index in [1.165, 1.54) is 11.6 Å². The van der Waals surface area contributed by atoms with Crippen molar-refractivity contribution in [1.29, 1.82) is 0 Å². The lowest BCUT2D eigenvalue weighted by molar-refractivity contribution is -0.144. The summed E-state index contributed by atoms with van der Waals surface area (Å²) in [7, 11) is 1.66. The molecule has 3 heterocycles. The van der Waals surface area contributed by atoms with E-state index in [0.717, 1.165) is 79.6 Å². The van der Waals surface area contributed by atoms with Crippen LogP contribution in [0.5, 0.6) is 5.75 Å². The lowest BCUT2D eigenvalue weighted by Crippen LogP contribution is -2.56. The highest BCUT2D eigenvalue weighted by Gasteiger charge is 2.49. The summed E-state index contributed by atoms with van der Waals surface area (Å²) in [4.78, 5) is 21.5. The van der Waals surface area contributed by atoms with Gasteiger partial charge in [-0.3, -0.25) is 9.69 Å². The first-order valence-electron chi connectivity index (χ1n) is 13.1. The molecule has 2 fully saturated rings. The van der Waals surface area contributed by atoms with Gasteiger partial charge >= 0.3 is 0 Å². The van der Waals surface area contributed by atoms with E-state index in [-0.39, 0.29) is 35.7 Å². The zero-order valence-electron chi connectivity index (χ0n) is 20.8. The monoisotopic (exact) mass is 491 g/mol. The van der Waals surface area contributed by atoms with Crippen LogP contribution >= 0.6 is 0 Å². The summed E-state index contributed by atoms with van der Waals surface area (Å²) in [6.07, 6.45) is 4.80. The maximum Gasteiger partial charge on any atom is 0.226 e. The molecule has 3 aromatic rings. The van der Waals surface area contributed by atoms with Gasteiger partial charge in [0.1, 0.15) is 11.6 Å². The zero-order valence-corrected chi connectivity index (χ0v) is 20.8. The van der Waals surface area contributed by atoms with Gasteiger partial charge in [-0.15, -0.1) is 0 Å². The number of likely N-dealkylation sites (tertiary alicyclic amines) is 1. The topological polar surface area (TPSA) is 68.8 Å². The maximum atomic E-state index is 13.7. The second-order valence-electron chi connectivity index (χ2n) is 10.8. The molecular formula is C29H34FN3O3. The fourth-order valence-corrected chi connectivity index (χ4v) is 6.57. The molecule has 36 heavy (non-hydrogen) atoms. The average molecular weight is 492 g/mol. The van der Waals surface area contributed by atoms with Gasteiger partial charge in [-0.05, 0) is 74.2 Å². The number of benzene rings is 2. The normalized spacial score (nSPS) is 22.0. The van der Waals surface area contributed by atoms with Crippen LogP contribution in [0.2, 0.25) is 0 Å².